The van der Waals surface area contributed by atoms with Crippen LogP contribution in [0.2, 0.25) is 0 Å². The van der Waals surface area contributed by atoms with Crippen molar-refractivity contribution >= 4 is 5.91 Å². The van der Waals surface area contributed by atoms with Crippen molar-refractivity contribution in [2.75, 3.05) is 0 Å². The van der Waals surface area contributed by atoms with Crippen LogP contribution in [0, 0.1) is 11.8 Å². The summed E-state index contributed by atoms with van der Waals surface area (Å²) in [4.78, 5) is 11.2. The molecule has 0 spiro atoms. The highest BCUT2D eigenvalue weighted by molar-refractivity contribution is 5.83. The van der Waals surface area contributed by atoms with E-state index in [9.17, 15) is 22.4 Å². The Morgan fingerprint density at radius 3 is 2.39 bits per heavy atom. The van der Waals surface area contributed by atoms with E-state index in [4.69, 9.17) is 0 Å². The summed E-state index contributed by atoms with van der Waals surface area (Å²) in [5.74, 6) is -8.18. The van der Waals surface area contributed by atoms with E-state index < -0.39 is 29.7 Å². The fraction of sp³-hybridized carbons (Fsp3) is 0.917. The Balaban J connectivity index is 2.73. The van der Waals surface area contributed by atoms with Crippen LogP contribution in [0.3, 0.4) is 0 Å². The van der Waals surface area contributed by atoms with Gasteiger partial charge in [-0.05, 0) is 18.3 Å². The molecular weight excluding hydrogens is 250 g/mol. The molecule has 0 saturated heterocycles. The molecule has 18 heavy (non-hydrogen) atoms. The minimum absolute atomic E-state index is 0.0394. The molecule has 0 radical (unpaired) electrons. The summed E-state index contributed by atoms with van der Waals surface area (Å²) < 4.78 is 52.2. The molecule has 2 nitrogen and oxygen atoms in total. The minimum atomic E-state index is -3.47. The smallest absolute Gasteiger partial charge is 0.321 e. The summed E-state index contributed by atoms with van der Waals surface area (Å²) in [6.07, 6.45) is -0.682. The Labute approximate surface area is 104 Å². The van der Waals surface area contributed by atoms with E-state index in [0.717, 1.165) is 0 Å². The van der Waals surface area contributed by atoms with Crippen LogP contribution in [-0.2, 0) is 4.79 Å². The average molecular weight is 269 g/mol. The second-order valence-corrected chi connectivity index (χ2v) is 5.47. The van der Waals surface area contributed by atoms with E-state index in [1.165, 1.54) is 0 Å². The van der Waals surface area contributed by atoms with Crippen molar-refractivity contribution in [2.45, 2.75) is 57.9 Å². The van der Waals surface area contributed by atoms with Gasteiger partial charge in [-0.1, -0.05) is 13.8 Å². The van der Waals surface area contributed by atoms with Crippen LogP contribution < -0.4 is 5.32 Å². The van der Waals surface area contributed by atoms with Gasteiger partial charge >= 0.3 is 5.92 Å². The van der Waals surface area contributed by atoms with Gasteiger partial charge < -0.3 is 5.32 Å². The number of hydrogen-bond donors (Lipinski definition) is 1. The van der Waals surface area contributed by atoms with Crippen molar-refractivity contribution in [1.82, 2.24) is 5.32 Å². The summed E-state index contributed by atoms with van der Waals surface area (Å²) in [7, 11) is 0. The number of amides is 1. The number of hydrogen-bond acceptors (Lipinski definition) is 1. The molecule has 0 aliphatic heterocycles. The number of rotatable bonds is 3. The van der Waals surface area contributed by atoms with Gasteiger partial charge in [-0.25, -0.2) is 8.78 Å². The van der Waals surface area contributed by atoms with Gasteiger partial charge in [0.15, 0.2) is 0 Å². The van der Waals surface area contributed by atoms with Gasteiger partial charge in [-0.15, -0.1) is 0 Å². The third-order valence-electron chi connectivity index (χ3n) is 3.44. The molecule has 1 rings (SSSR count). The molecule has 106 valence electrons. The first-order valence-corrected chi connectivity index (χ1v) is 6.09. The van der Waals surface area contributed by atoms with E-state index >= 15 is 0 Å². The Bertz CT molecular complexity index is 312. The van der Waals surface area contributed by atoms with Crippen molar-refractivity contribution in [2.24, 2.45) is 11.8 Å². The molecule has 0 aromatic carbocycles. The second kappa shape index (κ2) is 5.05. The van der Waals surface area contributed by atoms with Crippen molar-refractivity contribution in [3.8, 4) is 0 Å². The maximum Gasteiger partial charge on any atom is 0.321 e. The lowest BCUT2D eigenvalue weighted by atomic mass is 9.76. The highest BCUT2D eigenvalue weighted by Crippen LogP contribution is 2.40. The maximum absolute atomic E-state index is 13.3. The van der Waals surface area contributed by atoms with E-state index in [-0.39, 0.29) is 25.2 Å². The monoisotopic (exact) mass is 269 g/mol. The zero-order chi connectivity index (χ0) is 14.1. The van der Waals surface area contributed by atoms with E-state index in [1.807, 2.05) is 0 Å². The SMILES string of the molecule is CC(C)[C@@H]1CC(F)(F)CC[C@H]1NC(=O)C(C)(F)F. The number of halogens is 4. The molecule has 1 saturated carbocycles. The second-order valence-electron chi connectivity index (χ2n) is 5.47. The number of carbonyl (C=O) groups excluding carboxylic acids is 1. The molecule has 0 bridgehead atoms. The average Bonchev–Trinajstić information content (AvgIpc) is 2.18. The van der Waals surface area contributed by atoms with Crippen LogP contribution in [0.25, 0.3) is 0 Å². The molecule has 1 aliphatic rings. The van der Waals surface area contributed by atoms with Crippen molar-refractivity contribution in [3.63, 3.8) is 0 Å². The fourth-order valence-electron chi connectivity index (χ4n) is 2.34. The Kier molecular flexibility index (Phi) is 4.28. The first-order valence-electron chi connectivity index (χ1n) is 6.09. The summed E-state index contributed by atoms with van der Waals surface area (Å²) in [6.45, 7) is 4.02. The molecule has 1 fully saturated rings. The molecule has 1 N–H and O–H groups in total. The molecule has 1 amide bonds. The Hall–Kier alpha value is -0.810. The van der Waals surface area contributed by atoms with Crippen LogP contribution in [0.15, 0.2) is 0 Å². The Morgan fingerprint density at radius 1 is 1.39 bits per heavy atom. The van der Waals surface area contributed by atoms with Gasteiger partial charge in [0.2, 0.25) is 5.92 Å². The zero-order valence-corrected chi connectivity index (χ0v) is 10.8. The van der Waals surface area contributed by atoms with Crippen molar-refractivity contribution < 1.29 is 22.4 Å². The van der Waals surface area contributed by atoms with Gasteiger partial charge in [0, 0.05) is 25.8 Å². The Morgan fingerprint density at radius 2 is 1.94 bits per heavy atom. The van der Waals surface area contributed by atoms with Gasteiger partial charge in [0.1, 0.15) is 0 Å². The largest absolute Gasteiger partial charge is 0.348 e. The summed E-state index contributed by atoms with van der Waals surface area (Å²) in [5, 5.41) is 2.21. The van der Waals surface area contributed by atoms with Crippen LogP contribution in [-0.4, -0.2) is 23.8 Å². The van der Waals surface area contributed by atoms with Crippen LogP contribution in [0.5, 0.6) is 0 Å². The normalized spacial score (nSPS) is 28.2. The zero-order valence-electron chi connectivity index (χ0n) is 10.8. The van der Waals surface area contributed by atoms with Crippen molar-refractivity contribution in [1.29, 1.82) is 0 Å². The lowest BCUT2D eigenvalue weighted by Crippen LogP contribution is -2.51. The first-order chi connectivity index (χ1) is 8.03. The lowest BCUT2D eigenvalue weighted by molar-refractivity contribution is -0.146. The molecule has 0 heterocycles. The summed E-state index contributed by atoms with van der Waals surface area (Å²) in [5.41, 5.74) is 0. The summed E-state index contributed by atoms with van der Waals surface area (Å²) in [6, 6.07) is -0.594. The highest BCUT2D eigenvalue weighted by atomic mass is 19.3. The summed E-state index contributed by atoms with van der Waals surface area (Å²) >= 11 is 0. The minimum Gasteiger partial charge on any atom is -0.348 e. The molecule has 0 aromatic heterocycles. The number of alkyl halides is 4. The fourth-order valence-corrected chi connectivity index (χ4v) is 2.34. The van der Waals surface area contributed by atoms with Gasteiger partial charge in [0.25, 0.3) is 5.91 Å². The van der Waals surface area contributed by atoms with Crippen LogP contribution >= 0.6 is 0 Å². The van der Waals surface area contributed by atoms with Crippen LogP contribution in [0.4, 0.5) is 17.6 Å². The molecule has 0 aromatic rings. The van der Waals surface area contributed by atoms with E-state index in [1.54, 1.807) is 13.8 Å². The molecule has 0 unspecified atom stereocenters. The highest BCUT2D eigenvalue weighted by Gasteiger charge is 2.44. The predicted octanol–water partition coefficient (Wildman–Crippen LogP) is 3.22. The molecular formula is C12H19F4NO. The van der Waals surface area contributed by atoms with Gasteiger partial charge in [0.05, 0.1) is 0 Å². The molecule has 2 atom stereocenters. The third kappa shape index (κ3) is 3.85. The predicted molar refractivity (Wildman–Crippen MR) is 59.7 cm³/mol. The number of nitrogens with one attached hydrogen (secondary N) is 1. The van der Waals surface area contributed by atoms with Gasteiger partial charge in [-0.3, -0.25) is 4.79 Å². The number of carbonyl (C=O) groups is 1. The van der Waals surface area contributed by atoms with E-state index in [2.05, 4.69) is 5.32 Å². The molecule has 6 heteroatoms. The molecule has 1 aliphatic carbocycles. The van der Waals surface area contributed by atoms with Gasteiger partial charge in [-0.2, -0.15) is 8.78 Å². The van der Waals surface area contributed by atoms with Crippen LogP contribution in [0.1, 0.15) is 40.0 Å². The third-order valence-corrected chi connectivity index (χ3v) is 3.44. The lowest BCUT2D eigenvalue weighted by Gasteiger charge is -2.39. The van der Waals surface area contributed by atoms with Crippen molar-refractivity contribution in [3.05, 3.63) is 0 Å². The first kappa shape index (κ1) is 15.2. The topological polar surface area (TPSA) is 29.1 Å². The maximum atomic E-state index is 13.3. The quantitative estimate of drug-likeness (QED) is 0.783. The van der Waals surface area contributed by atoms with E-state index in [0.29, 0.717) is 6.92 Å². The standard InChI is InChI=1S/C12H19F4NO/c1-7(2)8-6-12(15,16)5-4-9(8)17-10(18)11(3,13)14/h7-9H,4-6H2,1-3H3,(H,17,18)/t8-,9+/m0/s1.